The van der Waals surface area contributed by atoms with Crippen molar-refractivity contribution in [3.05, 3.63) is 95.0 Å². The van der Waals surface area contributed by atoms with E-state index in [0.717, 1.165) is 32.0 Å². The Morgan fingerprint density at radius 3 is 2.57 bits per heavy atom. The molecule has 8 heteroatoms. The summed E-state index contributed by atoms with van der Waals surface area (Å²) in [7, 11) is 0. The van der Waals surface area contributed by atoms with Gasteiger partial charge in [0.15, 0.2) is 0 Å². The van der Waals surface area contributed by atoms with Crippen molar-refractivity contribution in [2.45, 2.75) is 26.3 Å². The predicted octanol–water partition coefficient (Wildman–Crippen LogP) is 5.31. The first kappa shape index (κ1) is 22.6. The molecule has 0 atom stereocenters. The summed E-state index contributed by atoms with van der Waals surface area (Å²) < 4.78 is 2.56. The molecule has 0 saturated carbocycles. The average Bonchev–Trinajstić information content (AvgIpc) is 3.29. The molecule has 0 aliphatic rings. The Labute approximate surface area is 206 Å². The maximum absolute atomic E-state index is 12.4. The lowest BCUT2D eigenvalue weighted by atomic mass is 10.2. The van der Waals surface area contributed by atoms with Crippen molar-refractivity contribution >= 4 is 33.1 Å². The molecule has 0 saturated heterocycles. The number of carbonyl (C=O) groups is 1. The highest BCUT2D eigenvalue weighted by Gasteiger charge is 2.09. The molecule has 3 heterocycles. The number of anilines is 1. The van der Waals surface area contributed by atoms with Crippen molar-refractivity contribution in [3.63, 3.8) is 0 Å². The van der Waals surface area contributed by atoms with Crippen molar-refractivity contribution in [2.24, 2.45) is 0 Å². The highest BCUT2D eigenvalue weighted by molar-refractivity contribution is 7.21. The van der Waals surface area contributed by atoms with E-state index in [0.29, 0.717) is 18.7 Å². The van der Waals surface area contributed by atoms with E-state index in [2.05, 4.69) is 34.5 Å². The van der Waals surface area contributed by atoms with Gasteiger partial charge in [-0.25, -0.2) is 9.67 Å². The maximum Gasteiger partial charge on any atom is 0.266 e. The van der Waals surface area contributed by atoms with E-state index in [4.69, 9.17) is 4.98 Å². The summed E-state index contributed by atoms with van der Waals surface area (Å²) in [4.78, 5) is 33.3. The minimum Gasteiger partial charge on any atom is -0.326 e. The number of nitrogens with zero attached hydrogens (tertiary/aromatic N) is 4. The number of amides is 1. The lowest BCUT2D eigenvalue weighted by Crippen LogP contribution is -2.23. The molecule has 35 heavy (non-hydrogen) atoms. The summed E-state index contributed by atoms with van der Waals surface area (Å²) in [5.41, 5.74) is 5.34. The molecule has 5 aromatic rings. The summed E-state index contributed by atoms with van der Waals surface area (Å²) in [6, 6.07) is 20.8. The third-order valence-corrected chi connectivity index (χ3v) is 6.64. The van der Waals surface area contributed by atoms with Crippen LogP contribution in [0, 0.1) is 6.92 Å². The number of aryl methyl sites for hydroxylation is 2. The van der Waals surface area contributed by atoms with Gasteiger partial charge >= 0.3 is 0 Å². The van der Waals surface area contributed by atoms with Crippen LogP contribution in [0.1, 0.15) is 18.4 Å². The Balaban J connectivity index is 1.17. The molecule has 0 radical (unpaired) electrons. The third-order valence-electron chi connectivity index (χ3n) is 5.58. The summed E-state index contributed by atoms with van der Waals surface area (Å²) in [6.07, 6.45) is 4.15. The molecule has 1 amide bonds. The second kappa shape index (κ2) is 9.99. The van der Waals surface area contributed by atoms with Crippen LogP contribution in [-0.4, -0.2) is 25.7 Å². The zero-order valence-electron chi connectivity index (χ0n) is 19.1. The molecule has 0 bridgehead atoms. The monoisotopic (exact) mass is 481 g/mol. The van der Waals surface area contributed by atoms with Gasteiger partial charge in [-0.05, 0) is 73.5 Å². The van der Waals surface area contributed by atoms with Gasteiger partial charge in [-0.3, -0.25) is 14.6 Å². The number of aromatic nitrogens is 4. The largest absolute Gasteiger partial charge is 0.326 e. The molecule has 0 fully saturated rings. The standard InChI is InChI=1S/C27H23N5O2S/c1-18-4-9-23-24(17-18)35-27(30-23)20-5-7-21(8-6-20)29-25(33)3-2-16-32-26(34)11-10-22(31-32)19-12-14-28-15-13-19/h4-15,17H,2-3,16H2,1H3,(H,29,33). The van der Waals surface area contributed by atoms with E-state index < -0.39 is 0 Å². The van der Waals surface area contributed by atoms with Crippen LogP contribution in [-0.2, 0) is 11.3 Å². The fourth-order valence-electron chi connectivity index (χ4n) is 3.75. The van der Waals surface area contributed by atoms with E-state index in [1.165, 1.54) is 16.3 Å². The summed E-state index contributed by atoms with van der Waals surface area (Å²) >= 11 is 1.66. The number of benzene rings is 2. The Bertz CT molecular complexity index is 1540. The topological polar surface area (TPSA) is 89.8 Å². The van der Waals surface area contributed by atoms with Gasteiger partial charge in [-0.1, -0.05) is 6.07 Å². The second-order valence-electron chi connectivity index (χ2n) is 8.24. The number of fused-ring (bicyclic) bond motifs is 1. The van der Waals surface area contributed by atoms with Crippen LogP contribution in [0.4, 0.5) is 5.69 Å². The summed E-state index contributed by atoms with van der Waals surface area (Å²) in [5, 5.41) is 8.30. The van der Waals surface area contributed by atoms with Crippen LogP contribution in [0.3, 0.4) is 0 Å². The van der Waals surface area contributed by atoms with Crippen molar-refractivity contribution in [1.29, 1.82) is 0 Å². The Hall–Kier alpha value is -4.17. The van der Waals surface area contributed by atoms with Crippen LogP contribution in [0.2, 0.25) is 0 Å². The number of rotatable bonds is 7. The Morgan fingerprint density at radius 2 is 1.77 bits per heavy atom. The van der Waals surface area contributed by atoms with Gasteiger partial charge in [0.25, 0.3) is 5.56 Å². The predicted molar refractivity (Wildman–Crippen MR) is 139 cm³/mol. The molecule has 0 aliphatic heterocycles. The molecular formula is C27H23N5O2S. The molecule has 7 nitrogen and oxygen atoms in total. The van der Waals surface area contributed by atoms with Crippen LogP contribution in [0.15, 0.2) is 83.9 Å². The minimum absolute atomic E-state index is 0.105. The third kappa shape index (κ3) is 5.33. The Kier molecular flexibility index (Phi) is 6.45. The fourth-order valence-corrected chi connectivity index (χ4v) is 4.82. The number of hydrogen-bond donors (Lipinski definition) is 1. The van der Waals surface area contributed by atoms with Crippen LogP contribution in [0.5, 0.6) is 0 Å². The molecule has 3 aromatic heterocycles. The Morgan fingerprint density at radius 1 is 0.971 bits per heavy atom. The molecular weight excluding hydrogens is 458 g/mol. The van der Waals surface area contributed by atoms with Gasteiger partial charge in [-0.15, -0.1) is 11.3 Å². The van der Waals surface area contributed by atoms with E-state index in [1.54, 1.807) is 29.8 Å². The van der Waals surface area contributed by atoms with E-state index in [1.807, 2.05) is 42.5 Å². The summed E-state index contributed by atoms with van der Waals surface area (Å²) in [5.74, 6) is -0.105. The number of carbonyl (C=O) groups excluding carboxylic acids is 1. The van der Waals surface area contributed by atoms with Crippen LogP contribution < -0.4 is 10.9 Å². The van der Waals surface area contributed by atoms with Crippen molar-refractivity contribution in [2.75, 3.05) is 5.32 Å². The molecule has 0 aliphatic carbocycles. The normalized spacial score (nSPS) is 11.0. The first-order valence-corrected chi connectivity index (χ1v) is 12.1. The number of nitrogens with one attached hydrogen (secondary N) is 1. The lowest BCUT2D eigenvalue weighted by Gasteiger charge is -2.08. The maximum atomic E-state index is 12.4. The molecule has 5 rings (SSSR count). The molecule has 0 spiro atoms. The van der Waals surface area contributed by atoms with E-state index >= 15 is 0 Å². The smallest absolute Gasteiger partial charge is 0.266 e. The van der Waals surface area contributed by atoms with Crippen molar-refractivity contribution < 1.29 is 4.79 Å². The zero-order chi connectivity index (χ0) is 24.2. The van der Waals surface area contributed by atoms with Crippen LogP contribution in [0.25, 0.3) is 32.0 Å². The number of hydrogen-bond acceptors (Lipinski definition) is 6. The quantitative estimate of drug-likeness (QED) is 0.340. The van der Waals surface area contributed by atoms with Crippen molar-refractivity contribution in [1.82, 2.24) is 19.7 Å². The number of pyridine rings is 1. The number of thiazole rings is 1. The zero-order valence-corrected chi connectivity index (χ0v) is 20.0. The molecule has 2 aromatic carbocycles. The van der Waals surface area contributed by atoms with Gasteiger partial charge in [0, 0.05) is 48.2 Å². The highest BCUT2D eigenvalue weighted by Crippen LogP contribution is 2.31. The van der Waals surface area contributed by atoms with Crippen molar-refractivity contribution in [3.8, 4) is 21.8 Å². The molecule has 174 valence electrons. The molecule has 1 N–H and O–H groups in total. The van der Waals surface area contributed by atoms with E-state index in [9.17, 15) is 9.59 Å². The van der Waals surface area contributed by atoms with Crippen LogP contribution >= 0.6 is 11.3 Å². The first-order chi connectivity index (χ1) is 17.0. The average molecular weight is 482 g/mol. The second-order valence-corrected chi connectivity index (χ2v) is 9.27. The summed E-state index contributed by atoms with van der Waals surface area (Å²) in [6.45, 7) is 2.44. The lowest BCUT2D eigenvalue weighted by molar-refractivity contribution is -0.116. The van der Waals surface area contributed by atoms with Gasteiger partial charge < -0.3 is 5.32 Å². The molecule has 0 unspecified atom stereocenters. The minimum atomic E-state index is -0.191. The fraction of sp³-hybridized carbons (Fsp3) is 0.148. The highest BCUT2D eigenvalue weighted by atomic mass is 32.1. The van der Waals surface area contributed by atoms with Gasteiger partial charge in [-0.2, -0.15) is 5.10 Å². The SMILES string of the molecule is Cc1ccc2nc(-c3ccc(NC(=O)CCCn4nc(-c5ccncc5)ccc4=O)cc3)sc2c1. The first-order valence-electron chi connectivity index (χ1n) is 11.3. The van der Waals surface area contributed by atoms with E-state index in [-0.39, 0.29) is 17.9 Å². The van der Waals surface area contributed by atoms with Gasteiger partial charge in [0.05, 0.1) is 15.9 Å². The van der Waals surface area contributed by atoms with Gasteiger partial charge in [0.1, 0.15) is 5.01 Å². The van der Waals surface area contributed by atoms with Gasteiger partial charge in [0.2, 0.25) is 5.91 Å².